The quantitative estimate of drug-likeness (QED) is 0.708. The van der Waals surface area contributed by atoms with Crippen LogP contribution in [0.1, 0.15) is 30.5 Å². The van der Waals surface area contributed by atoms with Crippen molar-refractivity contribution in [2.24, 2.45) is 0 Å². The Morgan fingerprint density at radius 2 is 2.25 bits per heavy atom. The van der Waals surface area contributed by atoms with Crippen molar-refractivity contribution >= 4 is 11.3 Å². The summed E-state index contributed by atoms with van der Waals surface area (Å²) in [5, 5.41) is 6.67. The number of aryl methyl sites for hydroxylation is 1. The molecule has 0 radical (unpaired) electrons. The predicted octanol–water partition coefficient (Wildman–Crippen LogP) is 2.27. The third kappa shape index (κ3) is 5.58. The number of hydrogen-bond donors (Lipinski definition) is 1. The molecule has 0 atom stereocenters. The molecule has 1 rings (SSSR count). The van der Waals surface area contributed by atoms with E-state index in [0.29, 0.717) is 0 Å². The molecule has 0 aromatic carbocycles. The molecule has 0 saturated heterocycles. The third-order valence-electron chi connectivity index (χ3n) is 2.49. The number of hydrogen-bond acceptors (Lipinski definition) is 4. The number of unbranched alkanes of at least 4 members (excludes halogenated alkanes) is 1. The average molecular weight is 241 g/mol. The van der Waals surface area contributed by atoms with Gasteiger partial charge in [-0.05, 0) is 46.4 Å². The Morgan fingerprint density at radius 3 is 2.88 bits per heavy atom. The van der Waals surface area contributed by atoms with Crippen molar-refractivity contribution in [2.75, 3.05) is 26.7 Å². The van der Waals surface area contributed by atoms with Gasteiger partial charge in [0, 0.05) is 11.9 Å². The van der Waals surface area contributed by atoms with Crippen LogP contribution in [0.4, 0.5) is 0 Å². The van der Waals surface area contributed by atoms with Crippen LogP contribution in [0.2, 0.25) is 0 Å². The first kappa shape index (κ1) is 13.6. The number of aromatic nitrogens is 1. The lowest BCUT2D eigenvalue weighted by Crippen LogP contribution is -2.21. The van der Waals surface area contributed by atoms with Gasteiger partial charge in [0.15, 0.2) is 0 Å². The van der Waals surface area contributed by atoms with E-state index in [-0.39, 0.29) is 0 Å². The second kappa shape index (κ2) is 7.76. The lowest BCUT2D eigenvalue weighted by atomic mass is 10.3. The number of nitrogens with one attached hydrogen (secondary N) is 1. The third-order valence-corrected chi connectivity index (χ3v) is 3.31. The van der Waals surface area contributed by atoms with Gasteiger partial charge in [-0.15, -0.1) is 11.3 Å². The predicted molar refractivity (Wildman–Crippen MR) is 71.0 cm³/mol. The van der Waals surface area contributed by atoms with Crippen molar-refractivity contribution in [2.45, 2.75) is 33.2 Å². The molecule has 1 heterocycles. The van der Waals surface area contributed by atoms with Crippen LogP contribution in [0.5, 0.6) is 0 Å². The second-order valence-electron chi connectivity index (χ2n) is 4.16. The minimum atomic E-state index is 0.978. The van der Waals surface area contributed by atoms with Gasteiger partial charge in [-0.25, -0.2) is 4.98 Å². The molecule has 0 amide bonds. The van der Waals surface area contributed by atoms with Gasteiger partial charge in [-0.2, -0.15) is 0 Å². The Hall–Kier alpha value is -0.450. The summed E-state index contributed by atoms with van der Waals surface area (Å²) in [7, 11) is 2.17. The molecule has 0 saturated carbocycles. The molecule has 1 aromatic heterocycles. The minimum Gasteiger partial charge on any atom is -0.317 e. The first-order chi connectivity index (χ1) is 7.72. The molecule has 0 bridgehead atoms. The normalized spacial score (nSPS) is 11.2. The molecule has 1 aromatic rings. The van der Waals surface area contributed by atoms with E-state index in [1.807, 2.05) is 0 Å². The topological polar surface area (TPSA) is 28.2 Å². The Labute approximate surface area is 103 Å². The zero-order chi connectivity index (χ0) is 11.8. The summed E-state index contributed by atoms with van der Waals surface area (Å²) in [6, 6.07) is 0. The smallest absolute Gasteiger partial charge is 0.0897 e. The van der Waals surface area contributed by atoms with Crippen LogP contribution in [-0.2, 0) is 6.54 Å². The first-order valence-electron chi connectivity index (χ1n) is 6.02. The summed E-state index contributed by atoms with van der Waals surface area (Å²) in [6.07, 6.45) is 2.51. The summed E-state index contributed by atoms with van der Waals surface area (Å²) >= 11 is 1.73. The van der Waals surface area contributed by atoms with E-state index in [1.165, 1.54) is 18.5 Å². The van der Waals surface area contributed by atoms with Crippen LogP contribution in [0.15, 0.2) is 5.38 Å². The molecule has 4 heteroatoms. The molecule has 0 aliphatic carbocycles. The Balaban J connectivity index is 2.09. The molecular weight excluding hydrogens is 218 g/mol. The fraction of sp³-hybridized carbons (Fsp3) is 0.750. The van der Waals surface area contributed by atoms with E-state index in [2.05, 4.69) is 41.5 Å². The molecule has 0 aliphatic heterocycles. The largest absolute Gasteiger partial charge is 0.317 e. The molecule has 1 N–H and O–H groups in total. The molecule has 0 spiro atoms. The van der Waals surface area contributed by atoms with Gasteiger partial charge >= 0.3 is 0 Å². The van der Waals surface area contributed by atoms with Crippen LogP contribution in [-0.4, -0.2) is 36.6 Å². The highest BCUT2D eigenvalue weighted by Crippen LogP contribution is 2.09. The van der Waals surface area contributed by atoms with E-state index < -0.39 is 0 Å². The Morgan fingerprint density at radius 1 is 1.44 bits per heavy atom. The summed E-state index contributed by atoms with van der Waals surface area (Å²) < 4.78 is 0. The van der Waals surface area contributed by atoms with Crippen LogP contribution in [0.25, 0.3) is 0 Å². The summed E-state index contributed by atoms with van der Waals surface area (Å²) in [5.74, 6) is 0. The molecular formula is C12H23N3S. The maximum atomic E-state index is 4.47. The fourth-order valence-electron chi connectivity index (χ4n) is 1.64. The van der Waals surface area contributed by atoms with Crippen LogP contribution < -0.4 is 5.32 Å². The molecule has 3 nitrogen and oxygen atoms in total. The lowest BCUT2D eigenvalue weighted by molar-refractivity contribution is 0.315. The second-order valence-corrected chi connectivity index (χ2v) is 5.22. The van der Waals surface area contributed by atoms with Crippen molar-refractivity contribution in [3.8, 4) is 0 Å². The van der Waals surface area contributed by atoms with Gasteiger partial charge in [0.05, 0.1) is 10.7 Å². The maximum Gasteiger partial charge on any atom is 0.0897 e. The zero-order valence-electron chi connectivity index (χ0n) is 10.6. The summed E-state index contributed by atoms with van der Waals surface area (Å²) in [6.45, 7) is 8.56. The standard InChI is InChI=1S/C12H23N3S/c1-4-13-7-5-6-8-15(3)9-12-10-16-11(2)14-12/h10,13H,4-9H2,1-3H3. The van der Waals surface area contributed by atoms with Gasteiger partial charge < -0.3 is 10.2 Å². The van der Waals surface area contributed by atoms with E-state index >= 15 is 0 Å². The van der Waals surface area contributed by atoms with E-state index in [1.54, 1.807) is 11.3 Å². The zero-order valence-corrected chi connectivity index (χ0v) is 11.4. The van der Waals surface area contributed by atoms with Crippen LogP contribution >= 0.6 is 11.3 Å². The summed E-state index contributed by atoms with van der Waals surface area (Å²) in [4.78, 5) is 6.82. The van der Waals surface area contributed by atoms with Crippen molar-refractivity contribution in [3.63, 3.8) is 0 Å². The Kier molecular flexibility index (Phi) is 6.61. The van der Waals surface area contributed by atoms with Crippen molar-refractivity contribution < 1.29 is 0 Å². The van der Waals surface area contributed by atoms with E-state index in [9.17, 15) is 0 Å². The molecule has 0 fully saturated rings. The van der Waals surface area contributed by atoms with E-state index in [0.717, 1.165) is 31.2 Å². The highest BCUT2D eigenvalue weighted by atomic mass is 32.1. The van der Waals surface area contributed by atoms with Crippen LogP contribution in [0.3, 0.4) is 0 Å². The van der Waals surface area contributed by atoms with Crippen molar-refractivity contribution in [1.29, 1.82) is 0 Å². The Bertz CT molecular complexity index is 286. The monoisotopic (exact) mass is 241 g/mol. The number of thiazole rings is 1. The highest BCUT2D eigenvalue weighted by molar-refractivity contribution is 7.09. The van der Waals surface area contributed by atoms with Crippen molar-refractivity contribution in [1.82, 2.24) is 15.2 Å². The maximum absolute atomic E-state index is 4.47. The van der Waals surface area contributed by atoms with Gasteiger partial charge in [0.1, 0.15) is 0 Å². The number of nitrogens with zero attached hydrogens (tertiary/aromatic N) is 2. The van der Waals surface area contributed by atoms with Crippen LogP contribution in [0, 0.1) is 6.92 Å². The molecule has 0 unspecified atom stereocenters. The SMILES string of the molecule is CCNCCCCN(C)Cc1csc(C)n1. The van der Waals surface area contributed by atoms with Gasteiger partial charge in [0.2, 0.25) is 0 Å². The lowest BCUT2D eigenvalue weighted by Gasteiger charge is -2.14. The highest BCUT2D eigenvalue weighted by Gasteiger charge is 2.02. The van der Waals surface area contributed by atoms with Gasteiger partial charge in [-0.3, -0.25) is 0 Å². The van der Waals surface area contributed by atoms with E-state index in [4.69, 9.17) is 0 Å². The molecule has 92 valence electrons. The van der Waals surface area contributed by atoms with Gasteiger partial charge in [-0.1, -0.05) is 6.92 Å². The fourth-order valence-corrected chi connectivity index (χ4v) is 2.25. The van der Waals surface area contributed by atoms with Crippen molar-refractivity contribution in [3.05, 3.63) is 16.1 Å². The molecule has 0 aliphatic rings. The van der Waals surface area contributed by atoms with Gasteiger partial charge in [0.25, 0.3) is 0 Å². The first-order valence-corrected chi connectivity index (χ1v) is 6.90. The molecule has 16 heavy (non-hydrogen) atoms. The number of rotatable bonds is 8. The average Bonchev–Trinajstić information content (AvgIpc) is 2.63. The minimum absolute atomic E-state index is 0.978. The summed E-state index contributed by atoms with van der Waals surface area (Å²) in [5.41, 5.74) is 1.21.